The molecule has 1 aromatic carbocycles. The van der Waals surface area contributed by atoms with E-state index < -0.39 is 7.12 Å². The fraction of sp³-hybridized carbons (Fsp3) is 0.125. The lowest BCUT2D eigenvalue weighted by molar-refractivity contribution is 0.259. The van der Waals surface area contributed by atoms with Crippen LogP contribution in [0.25, 0.3) is 0 Å². The van der Waals surface area contributed by atoms with Gasteiger partial charge in [-0.1, -0.05) is 30.3 Å². The molecule has 3 nitrogen and oxygen atoms in total. The van der Waals surface area contributed by atoms with Crippen molar-refractivity contribution in [2.24, 2.45) is 0 Å². The number of nitriles is 1. The molecule has 1 N–H and O–H groups in total. The highest BCUT2D eigenvalue weighted by molar-refractivity contribution is 6.52. The number of rotatable bonds is 3. The zero-order chi connectivity index (χ0) is 8.81. The molecule has 1 rings (SSSR count). The first-order valence-corrected chi connectivity index (χ1v) is 3.56. The van der Waals surface area contributed by atoms with E-state index in [1.807, 2.05) is 30.3 Å². The standard InChI is InChI=1S/C8H8BNO2/c10-7-9(11)12-6-8-4-2-1-3-5-8/h1-5,11H,6H2. The molecule has 1 aromatic rings. The van der Waals surface area contributed by atoms with Gasteiger partial charge < -0.3 is 9.68 Å². The average molecular weight is 161 g/mol. The Labute approximate surface area is 71.4 Å². The van der Waals surface area contributed by atoms with Crippen molar-refractivity contribution in [1.82, 2.24) is 0 Å². The maximum absolute atomic E-state index is 8.74. The van der Waals surface area contributed by atoms with Crippen molar-refractivity contribution < 1.29 is 9.68 Å². The molecule has 0 saturated carbocycles. The molecule has 0 heterocycles. The zero-order valence-corrected chi connectivity index (χ0v) is 6.47. The minimum Gasteiger partial charge on any atom is -0.415 e. The Morgan fingerprint density at radius 1 is 1.42 bits per heavy atom. The topological polar surface area (TPSA) is 53.2 Å². The summed E-state index contributed by atoms with van der Waals surface area (Å²) in [7, 11) is -1.33. The Morgan fingerprint density at radius 2 is 2.08 bits per heavy atom. The SMILES string of the molecule is N#CB(O)OCc1ccccc1. The van der Waals surface area contributed by atoms with Crippen LogP contribution in [0.3, 0.4) is 0 Å². The maximum Gasteiger partial charge on any atom is 0.576 e. The lowest BCUT2D eigenvalue weighted by Crippen LogP contribution is -2.14. The van der Waals surface area contributed by atoms with Gasteiger partial charge in [0.05, 0.1) is 12.6 Å². The largest absolute Gasteiger partial charge is 0.576 e. The Bertz CT molecular complexity index is 270. The summed E-state index contributed by atoms with van der Waals surface area (Å²) in [6, 6.07) is 9.37. The predicted molar refractivity (Wildman–Crippen MR) is 44.8 cm³/mol. The van der Waals surface area contributed by atoms with E-state index in [0.29, 0.717) is 0 Å². The molecule has 0 atom stereocenters. The Balaban J connectivity index is 2.40. The Hall–Kier alpha value is -1.31. The van der Waals surface area contributed by atoms with Gasteiger partial charge in [-0.25, -0.2) is 5.26 Å². The average Bonchev–Trinajstić information content (AvgIpc) is 2.16. The normalized spacial score (nSPS) is 9.00. The van der Waals surface area contributed by atoms with Gasteiger partial charge in [0.1, 0.15) is 0 Å². The molecule has 0 aliphatic heterocycles. The fourth-order valence-corrected chi connectivity index (χ4v) is 0.787. The van der Waals surface area contributed by atoms with Crippen molar-refractivity contribution >= 4 is 7.12 Å². The molecule has 0 unspecified atom stereocenters. The molecule has 0 bridgehead atoms. The summed E-state index contributed by atoms with van der Waals surface area (Å²) in [5.74, 6) is 1.57. The van der Waals surface area contributed by atoms with Crippen molar-refractivity contribution in [3.63, 3.8) is 0 Å². The monoisotopic (exact) mass is 161 g/mol. The molecule has 0 aliphatic carbocycles. The lowest BCUT2D eigenvalue weighted by Gasteiger charge is -2.00. The molecular weight excluding hydrogens is 153 g/mol. The van der Waals surface area contributed by atoms with E-state index in [1.54, 1.807) is 5.97 Å². The Morgan fingerprint density at radius 3 is 2.67 bits per heavy atom. The summed E-state index contributed by atoms with van der Waals surface area (Å²) in [6.45, 7) is 0.259. The van der Waals surface area contributed by atoms with Crippen LogP contribution in [-0.2, 0) is 11.3 Å². The second-order valence-corrected chi connectivity index (χ2v) is 2.28. The van der Waals surface area contributed by atoms with Crippen LogP contribution in [0, 0.1) is 11.2 Å². The van der Waals surface area contributed by atoms with Crippen LogP contribution in [0.1, 0.15) is 5.56 Å². The molecule has 12 heavy (non-hydrogen) atoms. The second-order valence-electron chi connectivity index (χ2n) is 2.28. The minimum absolute atomic E-state index is 0.259. The third kappa shape index (κ3) is 2.75. The molecule has 4 heteroatoms. The van der Waals surface area contributed by atoms with Crippen LogP contribution in [0.4, 0.5) is 0 Å². The van der Waals surface area contributed by atoms with E-state index in [2.05, 4.69) is 0 Å². The zero-order valence-electron chi connectivity index (χ0n) is 6.47. The highest BCUT2D eigenvalue weighted by atomic mass is 16.5. The first-order valence-electron chi connectivity index (χ1n) is 3.56. The highest BCUT2D eigenvalue weighted by Gasteiger charge is 2.10. The quantitative estimate of drug-likeness (QED) is 0.665. The van der Waals surface area contributed by atoms with Crippen LogP contribution in [0.15, 0.2) is 30.3 Å². The molecular formula is C8H8BNO2. The van der Waals surface area contributed by atoms with Gasteiger partial charge in [-0.05, 0) is 5.56 Å². The number of nitrogens with zero attached hydrogens (tertiary/aromatic N) is 1. The Kier molecular flexibility index (Phi) is 3.33. The highest BCUT2D eigenvalue weighted by Crippen LogP contribution is 2.00. The smallest absolute Gasteiger partial charge is 0.415 e. The maximum atomic E-state index is 8.74. The molecule has 0 aliphatic rings. The van der Waals surface area contributed by atoms with Gasteiger partial charge in [-0.15, -0.1) is 0 Å². The molecule has 0 aromatic heterocycles. The van der Waals surface area contributed by atoms with Crippen molar-refractivity contribution in [2.45, 2.75) is 6.61 Å². The minimum atomic E-state index is -1.33. The van der Waals surface area contributed by atoms with Crippen LogP contribution < -0.4 is 0 Å². The van der Waals surface area contributed by atoms with E-state index >= 15 is 0 Å². The summed E-state index contributed by atoms with van der Waals surface area (Å²) in [6.07, 6.45) is 0. The van der Waals surface area contributed by atoms with Crippen LogP contribution >= 0.6 is 0 Å². The molecule has 0 saturated heterocycles. The van der Waals surface area contributed by atoms with Crippen LogP contribution in [0.2, 0.25) is 0 Å². The van der Waals surface area contributed by atoms with E-state index in [-0.39, 0.29) is 6.61 Å². The summed E-state index contributed by atoms with van der Waals surface area (Å²) >= 11 is 0. The van der Waals surface area contributed by atoms with Crippen LogP contribution in [0.5, 0.6) is 0 Å². The third-order valence-corrected chi connectivity index (χ3v) is 1.36. The third-order valence-electron chi connectivity index (χ3n) is 1.36. The van der Waals surface area contributed by atoms with Crippen LogP contribution in [-0.4, -0.2) is 12.1 Å². The summed E-state index contributed by atoms with van der Waals surface area (Å²) in [4.78, 5) is 0. The van der Waals surface area contributed by atoms with Gasteiger partial charge in [-0.3, -0.25) is 0 Å². The number of hydrogen-bond acceptors (Lipinski definition) is 3. The molecule has 0 fully saturated rings. The van der Waals surface area contributed by atoms with Gasteiger partial charge in [0.25, 0.3) is 0 Å². The van der Waals surface area contributed by atoms with Crippen molar-refractivity contribution in [1.29, 1.82) is 5.26 Å². The van der Waals surface area contributed by atoms with E-state index in [0.717, 1.165) is 5.56 Å². The number of benzene rings is 1. The predicted octanol–water partition coefficient (Wildman–Crippen LogP) is 0.746. The van der Waals surface area contributed by atoms with Crippen molar-refractivity contribution in [3.8, 4) is 5.97 Å². The summed E-state index contributed by atoms with van der Waals surface area (Å²) in [5.41, 5.74) is 0.937. The van der Waals surface area contributed by atoms with Gasteiger partial charge in [-0.2, -0.15) is 0 Å². The van der Waals surface area contributed by atoms with E-state index in [4.69, 9.17) is 14.9 Å². The molecule has 60 valence electrons. The summed E-state index contributed by atoms with van der Waals surface area (Å²) < 4.78 is 4.77. The summed E-state index contributed by atoms with van der Waals surface area (Å²) in [5, 5.41) is 16.9. The first kappa shape index (κ1) is 8.79. The van der Waals surface area contributed by atoms with E-state index in [9.17, 15) is 0 Å². The first-order chi connectivity index (χ1) is 5.83. The van der Waals surface area contributed by atoms with Gasteiger partial charge in [0.15, 0.2) is 0 Å². The molecule has 0 spiro atoms. The van der Waals surface area contributed by atoms with Gasteiger partial charge >= 0.3 is 7.12 Å². The molecule has 0 amide bonds. The lowest BCUT2D eigenvalue weighted by atomic mass is 9.95. The van der Waals surface area contributed by atoms with Crippen molar-refractivity contribution in [3.05, 3.63) is 35.9 Å². The fourth-order valence-electron chi connectivity index (χ4n) is 0.787. The number of hydrogen-bond donors (Lipinski definition) is 1. The van der Waals surface area contributed by atoms with Gasteiger partial charge in [0, 0.05) is 0 Å². The molecule has 0 radical (unpaired) electrons. The second kappa shape index (κ2) is 4.55. The van der Waals surface area contributed by atoms with E-state index in [1.165, 1.54) is 0 Å². The van der Waals surface area contributed by atoms with Gasteiger partial charge in [0.2, 0.25) is 0 Å². The van der Waals surface area contributed by atoms with Crippen molar-refractivity contribution in [2.75, 3.05) is 0 Å².